The Labute approximate surface area is 90.3 Å². The largest absolute Gasteiger partial charge is 0.497 e. The van der Waals surface area contributed by atoms with Crippen LogP contribution >= 0.6 is 0 Å². The van der Waals surface area contributed by atoms with Crippen LogP contribution in [0.3, 0.4) is 0 Å². The van der Waals surface area contributed by atoms with E-state index in [9.17, 15) is 9.18 Å². The van der Waals surface area contributed by atoms with Crippen molar-refractivity contribution in [1.82, 2.24) is 4.98 Å². The van der Waals surface area contributed by atoms with E-state index in [1.54, 1.807) is 0 Å². The minimum Gasteiger partial charge on any atom is -0.497 e. The maximum atomic E-state index is 13.6. The minimum absolute atomic E-state index is 0.185. The maximum absolute atomic E-state index is 13.6. The molecule has 0 unspecified atom stereocenters. The molecule has 1 aromatic carbocycles. The molecule has 4 nitrogen and oxygen atoms in total. The summed E-state index contributed by atoms with van der Waals surface area (Å²) in [6.07, 6.45) is 1.27. The zero-order valence-electron chi connectivity index (χ0n) is 8.40. The Morgan fingerprint density at radius 1 is 1.44 bits per heavy atom. The molecular formula is C11H8FNO3. The molecule has 1 heterocycles. The van der Waals surface area contributed by atoms with Gasteiger partial charge < -0.3 is 9.84 Å². The number of carboxylic acid groups (broad SMARTS) is 1. The minimum atomic E-state index is -1.20. The Balaban J connectivity index is 2.85. The van der Waals surface area contributed by atoms with Gasteiger partial charge in [-0.05, 0) is 12.1 Å². The summed E-state index contributed by atoms with van der Waals surface area (Å²) in [6, 6.07) is 4.08. The molecule has 82 valence electrons. The number of aromatic carboxylic acids is 1. The van der Waals surface area contributed by atoms with Gasteiger partial charge in [-0.3, -0.25) is 0 Å². The first-order valence-corrected chi connectivity index (χ1v) is 4.49. The fourth-order valence-electron chi connectivity index (χ4n) is 1.50. The first-order valence-electron chi connectivity index (χ1n) is 4.49. The van der Waals surface area contributed by atoms with Crippen LogP contribution in [0.15, 0.2) is 24.4 Å². The van der Waals surface area contributed by atoms with E-state index in [0.717, 1.165) is 0 Å². The van der Waals surface area contributed by atoms with Crippen LogP contribution in [0, 0.1) is 5.82 Å². The zero-order valence-corrected chi connectivity index (χ0v) is 8.40. The highest BCUT2D eigenvalue weighted by atomic mass is 19.1. The molecule has 5 heteroatoms. The van der Waals surface area contributed by atoms with Crippen molar-refractivity contribution >= 4 is 16.7 Å². The molecular weight excluding hydrogens is 213 g/mol. The van der Waals surface area contributed by atoms with Crippen LogP contribution in [0.1, 0.15) is 10.5 Å². The highest BCUT2D eigenvalue weighted by molar-refractivity contribution is 6.02. The number of hydrogen-bond acceptors (Lipinski definition) is 3. The smallest absolute Gasteiger partial charge is 0.355 e. The van der Waals surface area contributed by atoms with Crippen LogP contribution in [-0.2, 0) is 0 Å². The third-order valence-corrected chi connectivity index (χ3v) is 2.24. The lowest BCUT2D eigenvalue weighted by Gasteiger charge is -2.05. The highest BCUT2D eigenvalue weighted by Gasteiger charge is 2.13. The summed E-state index contributed by atoms with van der Waals surface area (Å²) in [7, 11) is 1.39. The van der Waals surface area contributed by atoms with Gasteiger partial charge >= 0.3 is 5.97 Å². The van der Waals surface area contributed by atoms with Gasteiger partial charge in [0.25, 0.3) is 0 Å². The van der Waals surface area contributed by atoms with Crippen LogP contribution < -0.4 is 4.74 Å². The van der Waals surface area contributed by atoms with Crippen LogP contribution in [-0.4, -0.2) is 23.2 Å². The monoisotopic (exact) mass is 221 g/mol. The van der Waals surface area contributed by atoms with Crippen molar-refractivity contribution in [3.63, 3.8) is 0 Å². The van der Waals surface area contributed by atoms with Gasteiger partial charge in [0.15, 0.2) is 5.69 Å². The number of nitrogens with zero attached hydrogens (tertiary/aromatic N) is 1. The Bertz CT molecular complexity index is 568. The molecule has 0 aliphatic rings. The molecule has 0 aliphatic heterocycles. The van der Waals surface area contributed by atoms with Gasteiger partial charge in [-0.15, -0.1) is 0 Å². The van der Waals surface area contributed by atoms with Crippen molar-refractivity contribution in [3.8, 4) is 5.75 Å². The number of hydrogen-bond donors (Lipinski definition) is 1. The molecule has 1 aromatic heterocycles. The van der Waals surface area contributed by atoms with Crippen molar-refractivity contribution in [3.05, 3.63) is 35.9 Å². The normalized spacial score (nSPS) is 10.4. The van der Waals surface area contributed by atoms with Crippen molar-refractivity contribution in [2.24, 2.45) is 0 Å². The van der Waals surface area contributed by atoms with Gasteiger partial charge in [0.05, 0.1) is 7.11 Å². The molecule has 0 saturated carbocycles. The molecule has 0 radical (unpaired) electrons. The van der Waals surface area contributed by atoms with Gasteiger partial charge in [0.2, 0.25) is 0 Å². The standard InChI is InChI=1S/C11H8FNO3/c1-16-6-4-8-7(9(12)5-6)2-3-13-10(8)11(14)15/h2-5H,1H3,(H,14,15). The van der Waals surface area contributed by atoms with Gasteiger partial charge in [-0.2, -0.15) is 0 Å². The van der Waals surface area contributed by atoms with Crippen LogP contribution in [0.4, 0.5) is 4.39 Å². The molecule has 2 aromatic rings. The number of fused-ring (bicyclic) bond motifs is 1. The summed E-state index contributed by atoms with van der Waals surface area (Å²) in [6.45, 7) is 0. The number of carboxylic acids is 1. The van der Waals surface area contributed by atoms with E-state index in [0.29, 0.717) is 0 Å². The van der Waals surface area contributed by atoms with Crippen molar-refractivity contribution in [1.29, 1.82) is 0 Å². The number of aromatic nitrogens is 1. The fraction of sp³-hybridized carbons (Fsp3) is 0.0909. The lowest BCUT2D eigenvalue weighted by molar-refractivity contribution is 0.0693. The first kappa shape index (κ1) is 10.4. The summed E-state index contributed by atoms with van der Waals surface area (Å²) in [4.78, 5) is 14.6. The second-order valence-corrected chi connectivity index (χ2v) is 3.17. The summed E-state index contributed by atoms with van der Waals surface area (Å²) in [5.41, 5.74) is -0.185. The molecule has 0 fully saturated rings. The summed E-state index contributed by atoms with van der Waals surface area (Å²) in [5.74, 6) is -1.46. The second-order valence-electron chi connectivity index (χ2n) is 3.17. The van der Waals surface area contributed by atoms with E-state index in [1.165, 1.54) is 31.5 Å². The third-order valence-electron chi connectivity index (χ3n) is 2.24. The summed E-state index contributed by atoms with van der Waals surface area (Å²) < 4.78 is 18.5. The Kier molecular flexibility index (Phi) is 2.44. The first-order chi connectivity index (χ1) is 7.63. The molecule has 16 heavy (non-hydrogen) atoms. The third kappa shape index (κ3) is 1.56. The molecule has 0 bridgehead atoms. The molecule has 0 aliphatic carbocycles. The van der Waals surface area contributed by atoms with Crippen LogP contribution in [0.25, 0.3) is 10.8 Å². The second kappa shape index (κ2) is 3.77. The van der Waals surface area contributed by atoms with E-state index in [4.69, 9.17) is 9.84 Å². The van der Waals surface area contributed by atoms with E-state index in [2.05, 4.69) is 4.98 Å². The van der Waals surface area contributed by atoms with Gasteiger partial charge in [0.1, 0.15) is 11.6 Å². The molecule has 0 saturated heterocycles. The predicted octanol–water partition coefficient (Wildman–Crippen LogP) is 2.08. The van der Waals surface area contributed by atoms with Crippen molar-refractivity contribution < 1.29 is 19.0 Å². The lowest BCUT2D eigenvalue weighted by atomic mass is 10.1. The number of methoxy groups -OCH3 is 1. The molecule has 0 atom stereocenters. The Hall–Kier alpha value is -2.17. The maximum Gasteiger partial charge on any atom is 0.355 e. The lowest BCUT2D eigenvalue weighted by Crippen LogP contribution is -2.01. The number of ether oxygens (including phenoxy) is 1. The number of benzene rings is 1. The summed E-state index contributed by atoms with van der Waals surface area (Å²) in [5, 5.41) is 9.36. The highest BCUT2D eigenvalue weighted by Crippen LogP contribution is 2.25. The fourth-order valence-corrected chi connectivity index (χ4v) is 1.50. The van der Waals surface area contributed by atoms with Crippen molar-refractivity contribution in [2.75, 3.05) is 7.11 Å². The molecule has 0 amide bonds. The molecule has 0 spiro atoms. The quantitative estimate of drug-likeness (QED) is 0.843. The Morgan fingerprint density at radius 2 is 2.19 bits per heavy atom. The predicted molar refractivity (Wildman–Crippen MR) is 55.2 cm³/mol. The average molecular weight is 221 g/mol. The number of pyridine rings is 1. The number of rotatable bonds is 2. The number of halogens is 1. The van der Waals surface area contributed by atoms with Crippen LogP contribution in [0.2, 0.25) is 0 Å². The number of carbonyl (C=O) groups is 1. The van der Waals surface area contributed by atoms with E-state index in [1.807, 2.05) is 0 Å². The van der Waals surface area contributed by atoms with Gasteiger partial charge in [0, 0.05) is 23.0 Å². The molecule has 1 N–H and O–H groups in total. The molecule has 2 rings (SSSR count). The van der Waals surface area contributed by atoms with Gasteiger partial charge in [-0.1, -0.05) is 0 Å². The zero-order chi connectivity index (χ0) is 11.7. The van der Waals surface area contributed by atoms with E-state index < -0.39 is 11.8 Å². The van der Waals surface area contributed by atoms with E-state index in [-0.39, 0.29) is 22.2 Å². The Morgan fingerprint density at radius 3 is 2.81 bits per heavy atom. The average Bonchev–Trinajstić information content (AvgIpc) is 2.28. The SMILES string of the molecule is COc1cc(F)c2ccnc(C(=O)O)c2c1. The van der Waals surface area contributed by atoms with E-state index >= 15 is 0 Å². The van der Waals surface area contributed by atoms with Gasteiger partial charge in [-0.25, -0.2) is 14.2 Å². The topological polar surface area (TPSA) is 59.4 Å². The summed E-state index contributed by atoms with van der Waals surface area (Å²) >= 11 is 0. The van der Waals surface area contributed by atoms with Crippen molar-refractivity contribution in [2.45, 2.75) is 0 Å². The van der Waals surface area contributed by atoms with Crippen LogP contribution in [0.5, 0.6) is 5.75 Å².